The molecule has 0 aromatic carbocycles. The summed E-state index contributed by atoms with van der Waals surface area (Å²) in [6, 6.07) is 0.471. The van der Waals surface area contributed by atoms with Crippen molar-refractivity contribution < 1.29 is 4.79 Å². The molecule has 1 N–H and O–H groups in total. The van der Waals surface area contributed by atoms with Gasteiger partial charge in [-0.2, -0.15) is 0 Å². The summed E-state index contributed by atoms with van der Waals surface area (Å²) in [7, 11) is 0. The van der Waals surface area contributed by atoms with Crippen LogP contribution in [0.3, 0.4) is 0 Å². The highest BCUT2D eigenvalue weighted by Crippen LogP contribution is 2.11. The summed E-state index contributed by atoms with van der Waals surface area (Å²) in [5, 5.41) is 3.24. The highest BCUT2D eigenvalue weighted by molar-refractivity contribution is 5.76. The third kappa shape index (κ3) is 4.12. The molecule has 1 fully saturated rings. The maximum absolute atomic E-state index is 12.0. The molecule has 0 saturated carbocycles. The van der Waals surface area contributed by atoms with Crippen molar-refractivity contribution in [3.8, 4) is 0 Å². The van der Waals surface area contributed by atoms with Crippen LogP contribution >= 0.6 is 0 Å². The molecular weight excluding hydrogens is 200 g/mol. The molecule has 0 atom stereocenters. The fraction of sp³-hybridized carbons (Fsp3) is 0.923. The first kappa shape index (κ1) is 13.5. The van der Waals surface area contributed by atoms with Gasteiger partial charge in [0.2, 0.25) is 5.91 Å². The third-order valence-electron chi connectivity index (χ3n) is 3.23. The second kappa shape index (κ2) is 7.66. The summed E-state index contributed by atoms with van der Waals surface area (Å²) in [5.74, 6) is 0.365. The normalized spacial score (nSPS) is 15.9. The second-order valence-corrected chi connectivity index (χ2v) is 4.71. The van der Waals surface area contributed by atoms with Gasteiger partial charge in [-0.25, -0.2) is 0 Å². The highest BCUT2D eigenvalue weighted by Gasteiger charge is 2.27. The highest BCUT2D eigenvalue weighted by atomic mass is 16.2. The van der Waals surface area contributed by atoms with E-state index in [1.54, 1.807) is 0 Å². The Morgan fingerprint density at radius 1 is 1.19 bits per heavy atom. The molecule has 0 radical (unpaired) electrons. The number of hydrogen-bond donors (Lipinski definition) is 1. The number of rotatable bonds is 8. The van der Waals surface area contributed by atoms with Crippen LogP contribution in [0.25, 0.3) is 0 Å². The van der Waals surface area contributed by atoms with Crippen molar-refractivity contribution in [2.24, 2.45) is 0 Å². The summed E-state index contributed by atoms with van der Waals surface area (Å²) >= 11 is 0. The lowest BCUT2D eigenvalue weighted by atomic mass is 10.1. The summed E-state index contributed by atoms with van der Waals surface area (Å²) in [6.07, 6.45) is 6.57. The van der Waals surface area contributed by atoms with Crippen molar-refractivity contribution in [3.05, 3.63) is 0 Å². The van der Waals surface area contributed by atoms with E-state index in [1.807, 2.05) is 0 Å². The lowest BCUT2D eigenvalue weighted by Gasteiger charge is -2.38. The van der Waals surface area contributed by atoms with Crippen molar-refractivity contribution in [2.75, 3.05) is 19.6 Å². The fourth-order valence-corrected chi connectivity index (χ4v) is 2.09. The molecule has 0 spiro atoms. The van der Waals surface area contributed by atoms with Crippen LogP contribution in [0, 0.1) is 0 Å². The Bertz CT molecular complexity index is 202. The van der Waals surface area contributed by atoms with Crippen LogP contribution in [-0.4, -0.2) is 36.5 Å². The molecular formula is C13H26N2O. The van der Waals surface area contributed by atoms with Gasteiger partial charge in [0.15, 0.2) is 0 Å². The van der Waals surface area contributed by atoms with E-state index in [2.05, 4.69) is 24.1 Å². The van der Waals surface area contributed by atoms with E-state index in [0.717, 1.165) is 38.9 Å². The number of nitrogens with one attached hydrogen (secondary N) is 1. The van der Waals surface area contributed by atoms with Crippen molar-refractivity contribution in [2.45, 2.75) is 58.4 Å². The third-order valence-corrected chi connectivity index (χ3v) is 3.23. The maximum Gasteiger partial charge on any atom is 0.222 e. The van der Waals surface area contributed by atoms with Crippen LogP contribution in [0.5, 0.6) is 0 Å². The predicted molar refractivity (Wildman–Crippen MR) is 67.4 cm³/mol. The van der Waals surface area contributed by atoms with Gasteiger partial charge in [-0.15, -0.1) is 0 Å². The maximum atomic E-state index is 12.0. The molecule has 16 heavy (non-hydrogen) atoms. The van der Waals surface area contributed by atoms with E-state index in [-0.39, 0.29) is 0 Å². The molecule has 0 bridgehead atoms. The van der Waals surface area contributed by atoms with Gasteiger partial charge in [0, 0.05) is 26.1 Å². The van der Waals surface area contributed by atoms with Crippen LogP contribution in [0.4, 0.5) is 0 Å². The number of carbonyl (C=O) groups is 1. The predicted octanol–water partition coefficient (Wildman–Crippen LogP) is 2.17. The minimum atomic E-state index is 0.365. The van der Waals surface area contributed by atoms with Crippen LogP contribution in [0.2, 0.25) is 0 Å². The Morgan fingerprint density at radius 2 is 1.94 bits per heavy atom. The zero-order valence-corrected chi connectivity index (χ0v) is 10.8. The van der Waals surface area contributed by atoms with Crippen molar-refractivity contribution >= 4 is 5.91 Å². The van der Waals surface area contributed by atoms with Gasteiger partial charge in [0.1, 0.15) is 0 Å². The van der Waals surface area contributed by atoms with Crippen LogP contribution in [0.15, 0.2) is 0 Å². The molecule has 0 unspecified atom stereocenters. The average molecular weight is 226 g/mol. The standard InChI is InChI=1S/C13H26N2O/c1-3-5-6-7-8-13(16)15(9-4-2)12-10-14-11-12/h12,14H,3-11H2,1-2H3. The number of hydrogen-bond acceptors (Lipinski definition) is 2. The summed E-state index contributed by atoms with van der Waals surface area (Å²) < 4.78 is 0. The van der Waals surface area contributed by atoms with Crippen LogP contribution in [0.1, 0.15) is 52.4 Å². The smallest absolute Gasteiger partial charge is 0.222 e. The van der Waals surface area contributed by atoms with Gasteiger partial charge in [0.05, 0.1) is 6.04 Å². The molecule has 1 heterocycles. The van der Waals surface area contributed by atoms with E-state index in [0.29, 0.717) is 11.9 Å². The summed E-state index contributed by atoms with van der Waals surface area (Å²) in [5.41, 5.74) is 0. The van der Waals surface area contributed by atoms with Crippen LogP contribution < -0.4 is 5.32 Å². The Kier molecular flexibility index (Phi) is 6.46. The quantitative estimate of drug-likeness (QED) is 0.643. The Balaban J connectivity index is 2.23. The van der Waals surface area contributed by atoms with E-state index in [1.165, 1.54) is 19.3 Å². The topological polar surface area (TPSA) is 32.3 Å². The molecule has 3 nitrogen and oxygen atoms in total. The van der Waals surface area contributed by atoms with E-state index in [4.69, 9.17) is 0 Å². The molecule has 1 saturated heterocycles. The van der Waals surface area contributed by atoms with Gasteiger partial charge >= 0.3 is 0 Å². The molecule has 0 aromatic rings. The molecule has 1 amide bonds. The Labute approximate surface area is 99.6 Å². The first-order valence-electron chi connectivity index (χ1n) is 6.79. The van der Waals surface area contributed by atoms with E-state index < -0.39 is 0 Å². The molecule has 0 aromatic heterocycles. The van der Waals surface area contributed by atoms with Crippen molar-refractivity contribution in [3.63, 3.8) is 0 Å². The molecule has 1 aliphatic rings. The average Bonchev–Trinajstić information content (AvgIpc) is 2.21. The summed E-state index contributed by atoms with van der Waals surface area (Å²) in [4.78, 5) is 14.1. The number of unbranched alkanes of at least 4 members (excludes halogenated alkanes) is 3. The molecule has 1 aliphatic heterocycles. The lowest BCUT2D eigenvalue weighted by molar-refractivity contribution is -0.134. The van der Waals surface area contributed by atoms with Crippen molar-refractivity contribution in [1.82, 2.24) is 10.2 Å². The lowest BCUT2D eigenvalue weighted by Crippen LogP contribution is -2.59. The molecule has 3 heteroatoms. The van der Waals surface area contributed by atoms with E-state index in [9.17, 15) is 4.79 Å². The van der Waals surface area contributed by atoms with Crippen molar-refractivity contribution in [1.29, 1.82) is 0 Å². The molecule has 0 aliphatic carbocycles. The minimum Gasteiger partial charge on any atom is -0.337 e. The van der Waals surface area contributed by atoms with Gasteiger partial charge < -0.3 is 10.2 Å². The van der Waals surface area contributed by atoms with E-state index >= 15 is 0 Å². The van der Waals surface area contributed by atoms with Gasteiger partial charge in [-0.3, -0.25) is 4.79 Å². The number of amides is 1. The number of carbonyl (C=O) groups excluding carboxylic acids is 1. The van der Waals surface area contributed by atoms with Gasteiger partial charge in [0.25, 0.3) is 0 Å². The van der Waals surface area contributed by atoms with Crippen LogP contribution in [-0.2, 0) is 4.79 Å². The Morgan fingerprint density at radius 3 is 2.44 bits per heavy atom. The first-order chi connectivity index (χ1) is 7.79. The largest absolute Gasteiger partial charge is 0.337 e. The Hall–Kier alpha value is -0.570. The number of nitrogens with zero attached hydrogens (tertiary/aromatic N) is 1. The zero-order chi connectivity index (χ0) is 11.8. The fourth-order valence-electron chi connectivity index (χ4n) is 2.09. The van der Waals surface area contributed by atoms with Gasteiger partial charge in [-0.1, -0.05) is 33.1 Å². The SMILES string of the molecule is CCCCCCC(=O)N(CCC)C1CNC1. The molecule has 94 valence electrons. The minimum absolute atomic E-state index is 0.365. The first-order valence-corrected chi connectivity index (χ1v) is 6.79. The zero-order valence-electron chi connectivity index (χ0n) is 10.8. The molecule has 1 rings (SSSR count). The second-order valence-electron chi connectivity index (χ2n) is 4.71. The van der Waals surface area contributed by atoms with Gasteiger partial charge in [-0.05, 0) is 12.8 Å². The summed E-state index contributed by atoms with van der Waals surface area (Å²) in [6.45, 7) is 7.25. The monoisotopic (exact) mass is 226 g/mol.